The average Bonchev–Trinajstić information content (AvgIpc) is 3.16. The molecule has 1 N–H and O–H groups in total. The van der Waals surface area contributed by atoms with Crippen molar-refractivity contribution < 1.29 is 23.7 Å². The maximum atomic E-state index is 12.3. The summed E-state index contributed by atoms with van der Waals surface area (Å²) in [5, 5.41) is 16.2. The van der Waals surface area contributed by atoms with E-state index in [0.717, 1.165) is 16.2 Å². The van der Waals surface area contributed by atoms with E-state index < -0.39 is 23.4 Å². The Balaban J connectivity index is 1.43. The van der Waals surface area contributed by atoms with Gasteiger partial charge in [-0.25, -0.2) is 0 Å². The van der Waals surface area contributed by atoms with Crippen molar-refractivity contribution >= 4 is 45.0 Å². The third-order valence-corrected chi connectivity index (χ3v) is 4.61. The summed E-state index contributed by atoms with van der Waals surface area (Å²) < 4.78 is 10.6. The summed E-state index contributed by atoms with van der Waals surface area (Å²) in [5.41, 5.74) is 1.11. The predicted octanol–water partition coefficient (Wildman–Crippen LogP) is 4.22. The summed E-state index contributed by atoms with van der Waals surface area (Å²) in [7, 11) is 0. The van der Waals surface area contributed by atoms with Crippen LogP contribution in [-0.2, 0) is 20.7 Å². The first kappa shape index (κ1) is 19.1. The molecule has 0 radical (unpaired) electrons. The number of furan rings is 1. The lowest BCUT2D eigenvalue weighted by atomic mass is 10.0. The molecule has 8 heteroatoms. The van der Waals surface area contributed by atoms with Crippen LogP contribution in [0.15, 0.2) is 71.3 Å². The summed E-state index contributed by atoms with van der Waals surface area (Å²) in [6.45, 7) is -0.554. The molecule has 0 bridgehead atoms. The third kappa shape index (κ3) is 3.83. The van der Waals surface area contributed by atoms with Crippen LogP contribution in [0.2, 0.25) is 0 Å². The van der Waals surface area contributed by atoms with Crippen molar-refractivity contribution in [3.63, 3.8) is 0 Å². The number of hydrogen-bond acceptors (Lipinski definition) is 6. The second kappa shape index (κ2) is 8.04. The van der Waals surface area contributed by atoms with Crippen LogP contribution < -0.4 is 5.32 Å². The lowest BCUT2D eigenvalue weighted by Crippen LogP contribution is -2.22. The standard InChI is InChI=1S/C22H16N2O6/c25-20(23-17-7-3-4-8-18(17)24(27)28)13-30-21(26)11-15-12-29-19-10-9-14-5-1-2-6-16(14)22(15)19/h1-10,12H,11,13H2,(H,23,25). The van der Waals surface area contributed by atoms with Gasteiger partial charge in [-0.05, 0) is 22.9 Å². The number of ether oxygens (including phenoxy) is 1. The van der Waals surface area contributed by atoms with Crippen molar-refractivity contribution in [1.82, 2.24) is 0 Å². The van der Waals surface area contributed by atoms with E-state index in [1.54, 1.807) is 6.07 Å². The Morgan fingerprint density at radius 3 is 2.63 bits per heavy atom. The van der Waals surface area contributed by atoms with E-state index in [-0.39, 0.29) is 17.8 Å². The molecule has 1 amide bonds. The number of anilines is 1. The van der Waals surface area contributed by atoms with Crippen LogP contribution in [0.5, 0.6) is 0 Å². The molecule has 0 atom stereocenters. The number of benzene rings is 3. The Morgan fingerprint density at radius 2 is 1.80 bits per heavy atom. The highest BCUT2D eigenvalue weighted by atomic mass is 16.6. The van der Waals surface area contributed by atoms with Crippen molar-refractivity contribution in [2.75, 3.05) is 11.9 Å². The molecule has 150 valence electrons. The number of nitrogens with one attached hydrogen (secondary N) is 1. The molecule has 0 aliphatic heterocycles. The quantitative estimate of drug-likeness (QED) is 0.293. The fourth-order valence-corrected chi connectivity index (χ4v) is 3.28. The van der Waals surface area contributed by atoms with E-state index in [1.807, 2.05) is 36.4 Å². The number of nitrogens with zero attached hydrogens (tertiary/aromatic N) is 1. The number of esters is 1. The summed E-state index contributed by atoms with van der Waals surface area (Å²) >= 11 is 0. The van der Waals surface area contributed by atoms with Crippen molar-refractivity contribution in [3.05, 3.63) is 82.6 Å². The Bertz CT molecular complexity index is 1280. The third-order valence-electron chi connectivity index (χ3n) is 4.61. The number of para-hydroxylation sites is 2. The molecule has 0 aliphatic carbocycles. The van der Waals surface area contributed by atoms with Crippen LogP contribution in [-0.4, -0.2) is 23.4 Å². The van der Waals surface area contributed by atoms with E-state index in [0.29, 0.717) is 11.1 Å². The molecule has 4 aromatic rings. The minimum absolute atomic E-state index is 0.0378. The van der Waals surface area contributed by atoms with E-state index in [9.17, 15) is 19.7 Å². The van der Waals surface area contributed by atoms with Gasteiger partial charge in [0.2, 0.25) is 0 Å². The van der Waals surface area contributed by atoms with Crippen LogP contribution in [0.4, 0.5) is 11.4 Å². The number of carbonyl (C=O) groups excluding carboxylic acids is 2. The molecule has 1 aromatic heterocycles. The number of hydrogen-bond donors (Lipinski definition) is 1. The van der Waals surface area contributed by atoms with E-state index in [2.05, 4.69) is 5.32 Å². The number of nitro groups is 1. The van der Waals surface area contributed by atoms with Gasteiger partial charge in [0.25, 0.3) is 11.6 Å². The van der Waals surface area contributed by atoms with Crippen LogP contribution in [0.3, 0.4) is 0 Å². The first-order valence-corrected chi connectivity index (χ1v) is 9.09. The number of amides is 1. The summed E-state index contributed by atoms with van der Waals surface area (Å²) in [6, 6.07) is 17.3. The fraction of sp³-hybridized carbons (Fsp3) is 0.0909. The highest BCUT2D eigenvalue weighted by Gasteiger charge is 2.17. The zero-order valence-electron chi connectivity index (χ0n) is 15.7. The van der Waals surface area contributed by atoms with Crippen LogP contribution in [0.25, 0.3) is 21.7 Å². The first-order valence-electron chi connectivity index (χ1n) is 9.09. The summed E-state index contributed by atoms with van der Waals surface area (Å²) in [6.07, 6.45) is 1.44. The fourth-order valence-electron chi connectivity index (χ4n) is 3.28. The van der Waals surface area contributed by atoms with Crippen molar-refractivity contribution in [3.8, 4) is 0 Å². The summed E-state index contributed by atoms with van der Waals surface area (Å²) in [5.74, 6) is -1.27. The number of nitro benzene ring substituents is 1. The Kier molecular flexibility index (Phi) is 5.13. The van der Waals surface area contributed by atoms with Gasteiger partial charge in [-0.1, -0.05) is 42.5 Å². The largest absolute Gasteiger partial charge is 0.464 e. The highest BCUT2D eigenvalue weighted by molar-refractivity contribution is 6.08. The van der Waals surface area contributed by atoms with Crippen LogP contribution in [0, 0.1) is 10.1 Å². The maximum Gasteiger partial charge on any atom is 0.310 e. The van der Waals surface area contributed by atoms with Gasteiger partial charge < -0.3 is 14.5 Å². The molecule has 0 spiro atoms. The molecular formula is C22H16N2O6. The van der Waals surface area contributed by atoms with Crippen LogP contribution in [0.1, 0.15) is 5.56 Å². The van der Waals surface area contributed by atoms with Gasteiger partial charge >= 0.3 is 5.97 Å². The molecule has 0 saturated heterocycles. The van der Waals surface area contributed by atoms with Gasteiger partial charge in [0.1, 0.15) is 11.3 Å². The lowest BCUT2D eigenvalue weighted by molar-refractivity contribution is -0.383. The van der Waals surface area contributed by atoms with E-state index in [4.69, 9.17) is 9.15 Å². The molecule has 0 unspecified atom stereocenters. The maximum absolute atomic E-state index is 12.3. The van der Waals surface area contributed by atoms with Gasteiger partial charge in [-0.15, -0.1) is 0 Å². The van der Waals surface area contributed by atoms with Crippen molar-refractivity contribution in [2.45, 2.75) is 6.42 Å². The predicted molar refractivity (Wildman–Crippen MR) is 110 cm³/mol. The topological polar surface area (TPSA) is 112 Å². The molecule has 3 aromatic carbocycles. The molecular weight excluding hydrogens is 388 g/mol. The Morgan fingerprint density at radius 1 is 1.03 bits per heavy atom. The second-order valence-corrected chi connectivity index (χ2v) is 6.58. The molecule has 4 rings (SSSR count). The van der Waals surface area contributed by atoms with Crippen LogP contribution >= 0.6 is 0 Å². The minimum atomic E-state index is -0.667. The second-order valence-electron chi connectivity index (χ2n) is 6.58. The highest BCUT2D eigenvalue weighted by Crippen LogP contribution is 2.30. The molecule has 1 heterocycles. The average molecular weight is 404 g/mol. The number of rotatable bonds is 6. The lowest BCUT2D eigenvalue weighted by Gasteiger charge is -2.07. The molecule has 0 aliphatic rings. The molecule has 30 heavy (non-hydrogen) atoms. The van der Waals surface area contributed by atoms with Gasteiger partial charge in [0.15, 0.2) is 6.61 Å². The van der Waals surface area contributed by atoms with Gasteiger partial charge in [0.05, 0.1) is 17.6 Å². The molecule has 0 fully saturated rings. The van der Waals surface area contributed by atoms with Crippen molar-refractivity contribution in [1.29, 1.82) is 0 Å². The SMILES string of the molecule is O=C(COC(=O)Cc1coc2ccc3ccccc3c12)Nc1ccccc1[N+](=O)[O-]. The normalized spacial score (nSPS) is 10.8. The Hall–Kier alpha value is -4.20. The summed E-state index contributed by atoms with van der Waals surface area (Å²) in [4.78, 5) is 34.7. The van der Waals surface area contributed by atoms with E-state index in [1.165, 1.54) is 24.5 Å². The van der Waals surface area contributed by atoms with Crippen molar-refractivity contribution in [2.24, 2.45) is 0 Å². The number of carbonyl (C=O) groups is 2. The Labute approximate surface area is 170 Å². The minimum Gasteiger partial charge on any atom is -0.464 e. The zero-order valence-corrected chi connectivity index (χ0v) is 15.7. The number of fused-ring (bicyclic) bond motifs is 3. The van der Waals surface area contributed by atoms with E-state index >= 15 is 0 Å². The zero-order chi connectivity index (χ0) is 21.1. The molecule has 0 saturated carbocycles. The smallest absolute Gasteiger partial charge is 0.310 e. The van der Waals surface area contributed by atoms with Gasteiger partial charge in [-0.3, -0.25) is 19.7 Å². The first-order chi connectivity index (χ1) is 14.5. The monoisotopic (exact) mass is 404 g/mol. The van der Waals surface area contributed by atoms with Gasteiger partial charge in [0, 0.05) is 17.0 Å². The van der Waals surface area contributed by atoms with Gasteiger partial charge in [-0.2, -0.15) is 0 Å². The molecule has 8 nitrogen and oxygen atoms in total.